The van der Waals surface area contributed by atoms with Gasteiger partial charge in [0.25, 0.3) is 0 Å². The third-order valence-corrected chi connectivity index (χ3v) is 0.667. The number of hydrogen-bond donors (Lipinski definition) is 0. The molecule has 0 amide bonds. The van der Waals surface area contributed by atoms with E-state index in [4.69, 9.17) is 18.2 Å². The molecule has 0 saturated heterocycles. The van der Waals surface area contributed by atoms with Crippen molar-refractivity contribution in [1.29, 1.82) is 0 Å². The molecule has 1 rings (SSSR count). The van der Waals surface area contributed by atoms with Crippen LogP contribution >= 0.6 is 8.25 Å². The van der Waals surface area contributed by atoms with Crippen molar-refractivity contribution in [2.24, 2.45) is 0 Å². The number of carbonyl (C=O) groups excluding carboxylic acids is 1. The van der Waals surface area contributed by atoms with Crippen molar-refractivity contribution < 1.29 is 34.8 Å². The molecule has 0 bridgehead atoms. The van der Waals surface area contributed by atoms with Crippen LogP contribution in [0.15, 0.2) is 36.4 Å². The fraction of sp³-hybridized carbons (Fsp3) is 0. The summed E-state index contributed by atoms with van der Waals surface area (Å²) in [4.78, 5) is 8.25. The summed E-state index contributed by atoms with van der Waals surface area (Å²) in [6.45, 7) is -0.500. The van der Waals surface area contributed by atoms with Gasteiger partial charge in [0.05, 0.1) is 0 Å². The van der Waals surface area contributed by atoms with E-state index in [2.05, 4.69) is 0 Å². The molecule has 0 spiro atoms. The molecule has 0 aromatic heterocycles. The second-order valence-electron chi connectivity index (χ2n) is 1.25. The Morgan fingerprint density at radius 2 is 1.09 bits per heavy atom. The molecule has 4 heteroatoms. The van der Waals surface area contributed by atoms with Crippen LogP contribution in [0.5, 0.6) is 0 Å². The Hall–Kier alpha value is -0.0849. The SMILES string of the molecule is O=C[O-].[Cl][Hg+].c1ccccc1. The fourth-order valence-electron chi connectivity index (χ4n) is 0.385. The van der Waals surface area contributed by atoms with Crippen molar-refractivity contribution in [3.05, 3.63) is 36.4 Å². The van der Waals surface area contributed by atoms with Gasteiger partial charge in [-0.3, -0.25) is 0 Å². The van der Waals surface area contributed by atoms with E-state index in [9.17, 15) is 0 Å². The molecule has 56 valence electrons. The van der Waals surface area contributed by atoms with Gasteiger partial charge in [-0.05, 0) is 0 Å². The minimum atomic E-state index is -0.500. The molecule has 0 fully saturated rings. The molecule has 0 N–H and O–H groups in total. The van der Waals surface area contributed by atoms with E-state index in [0.29, 0.717) is 24.9 Å². The molecule has 11 heavy (non-hydrogen) atoms. The topological polar surface area (TPSA) is 40.1 Å². The first-order chi connectivity index (χ1) is 5.41. The van der Waals surface area contributed by atoms with Crippen LogP contribution in [0.3, 0.4) is 0 Å². The molecule has 0 heterocycles. The van der Waals surface area contributed by atoms with Crippen LogP contribution in [0.25, 0.3) is 0 Å². The van der Waals surface area contributed by atoms with Crippen molar-refractivity contribution in [3.63, 3.8) is 0 Å². The van der Waals surface area contributed by atoms with Gasteiger partial charge in [-0.2, -0.15) is 0 Å². The van der Waals surface area contributed by atoms with E-state index in [0.717, 1.165) is 0 Å². The van der Waals surface area contributed by atoms with Gasteiger partial charge in [0.15, 0.2) is 0 Å². The van der Waals surface area contributed by atoms with Crippen molar-refractivity contribution in [3.8, 4) is 0 Å². The fourth-order valence-corrected chi connectivity index (χ4v) is 0.385. The zero-order valence-electron chi connectivity index (χ0n) is 5.94. The van der Waals surface area contributed by atoms with Crippen molar-refractivity contribution in [2.75, 3.05) is 0 Å². The number of rotatable bonds is 0. The van der Waals surface area contributed by atoms with Crippen molar-refractivity contribution in [2.45, 2.75) is 0 Å². The maximum atomic E-state index is 8.25. The van der Waals surface area contributed by atoms with E-state index in [1.54, 1.807) is 0 Å². The van der Waals surface area contributed by atoms with Gasteiger partial charge >= 0.3 is 33.1 Å². The van der Waals surface area contributed by atoms with Crippen LogP contribution in [0.4, 0.5) is 0 Å². The van der Waals surface area contributed by atoms with Crippen LogP contribution in [0.1, 0.15) is 0 Å². The predicted octanol–water partition coefficient (Wildman–Crippen LogP) is 0.740. The maximum absolute atomic E-state index is 8.25. The van der Waals surface area contributed by atoms with Gasteiger partial charge in [0, 0.05) is 6.47 Å². The number of hydrogen-bond acceptors (Lipinski definition) is 2. The normalized spacial score (nSPS) is 6.09. The Morgan fingerprint density at radius 3 is 1.18 bits per heavy atom. The Balaban J connectivity index is 0. The summed E-state index contributed by atoms with van der Waals surface area (Å²) in [5.74, 6) is 0. The Labute approximate surface area is 85.6 Å². The Kier molecular flexibility index (Phi) is 20.2. The van der Waals surface area contributed by atoms with E-state index >= 15 is 0 Å². The summed E-state index contributed by atoms with van der Waals surface area (Å²) < 4.78 is 0. The molecule has 0 radical (unpaired) electrons. The second-order valence-corrected chi connectivity index (χ2v) is 1.25. The molecule has 2 nitrogen and oxygen atoms in total. The van der Waals surface area contributed by atoms with Crippen LogP contribution in [-0.4, -0.2) is 6.47 Å². The number of carboxylic acid groups (broad SMARTS) is 1. The summed E-state index contributed by atoms with van der Waals surface area (Å²) in [6, 6.07) is 12.0. The Bertz CT molecular complexity index is 120. The summed E-state index contributed by atoms with van der Waals surface area (Å²) in [5, 5.41) is 8.25. The molecular formula is C7H7ClHgO2. The molecule has 0 atom stereocenters. The van der Waals surface area contributed by atoms with Crippen LogP contribution in [0, 0.1) is 0 Å². The summed E-state index contributed by atoms with van der Waals surface area (Å²) in [7, 11) is 4.83. The van der Waals surface area contributed by atoms with Crippen LogP contribution in [0.2, 0.25) is 0 Å². The average Bonchev–Trinajstić information content (AvgIpc) is 2.12. The Morgan fingerprint density at radius 1 is 1.00 bits per heavy atom. The summed E-state index contributed by atoms with van der Waals surface area (Å²) >= 11 is 0.500. The quantitative estimate of drug-likeness (QED) is 0.507. The minimum absolute atomic E-state index is 0.500. The largest absolute Gasteiger partial charge is 0.0623 e. The van der Waals surface area contributed by atoms with Gasteiger partial charge in [-0.25, -0.2) is 0 Å². The minimum Gasteiger partial charge on any atom is -0.0623 e. The number of benzene rings is 1. The van der Waals surface area contributed by atoms with E-state index < -0.39 is 6.47 Å². The zero-order valence-corrected chi connectivity index (χ0v) is 12.2. The van der Waals surface area contributed by atoms with Gasteiger partial charge in [-0.1, -0.05) is 36.4 Å². The summed E-state index contributed by atoms with van der Waals surface area (Å²) in [6.07, 6.45) is 0. The smallest absolute Gasteiger partial charge is 0.0623 e. The van der Waals surface area contributed by atoms with E-state index in [1.165, 1.54) is 0 Å². The number of carbonyl (C=O) groups is 1. The van der Waals surface area contributed by atoms with Crippen molar-refractivity contribution >= 4 is 14.7 Å². The van der Waals surface area contributed by atoms with Crippen molar-refractivity contribution in [1.82, 2.24) is 0 Å². The molecule has 1 aromatic rings. The third kappa shape index (κ3) is 17.8. The number of halogens is 1. The molecule has 0 aliphatic carbocycles. The van der Waals surface area contributed by atoms with E-state index in [-0.39, 0.29) is 0 Å². The standard InChI is InChI=1S/C6H6.CH2O2.ClH.Hg/c1-2-4-6-5-3-1;2-1-3;;/h1-6H;1H,(H,2,3);1H;/q;;;+2/p-2. The summed E-state index contributed by atoms with van der Waals surface area (Å²) in [5.41, 5.74) is 0. The third-order valence-electron chi connectivity index (χ3n) is 0.667. The first-order valence-electron chi connectivity index (χ1n) is 2.74. The molecule has 1 aromatic carbocycles. The van der Waals surface area contributed by atoms with Gasteiger partial charge < -0.3 is 9.90 Å². The monoisotopic (exact) mass is 360 g/mol. The van der Waals surface area contributed by atoms with E-state index in [1.807, 2.05) is 36.4 Å². The van der Waals surface area contributed by atoms with Gasteiger partial charge in [-0.15, -0.1) is 0 Å². The molecule has 0 unspecified atom stereocenters. The first kappa shape index (κ1) is 13.5. The van der Waals surface area contributed by atoms with Gasteiger partial charge in [0.1, 0.15) is 0 Å². The first-order valence-corrected chi connectivity index (χ1v) is 9.51. The molecular weight excluding hydrogens is 352 g/mol. The zero-order chi connectivity index (χ0) is 8.95. The molecule has 0 aliphatic heterocycles. The average molecular weight is 359 g/mol. The van der Waals surface area contributed by atoms with Crippen LogP contribution < -0.4 is 5.11 Å². The maximum Gasteiger partial charge on any atom is -0.0623 e. The van der Waals surface area contributed by atoms with Gasteiger partial charge in [0.2, 0.25) is 0 Å². The van der Waals surface area contributed by atoms with Crippen LogP contribution in [-0.2, 0) is 29.7 Å². The second kappa shape index (κ2) is 16.5. The molecule has 0 saturated carbocycles. The molecule has 0 aliphatic rings. The predicted molar refractivity (Wildman–Crippen MR) is 38.4 cm³/mol.